The second-order valence-electron chi connectivity index (χ2n) is 8.11. The molecule has 3 aromatic rings. The maximum absolute atomic E-state index is 13.4. The number of allylic oxidation sites excluding steroid dienone is 1. The molecule has 0 radical (unpaired) electrons. The fraction of sp³-hybridized carbons (Fsp3) is 0.227. The van der Waals surface area contributed by atoms with Crippen LogP contribution in [0.15, 0.2) is 59.0 Å². The van der Waals surface area contributed by atoms with Crippen LogP contribution >= 0.6 is 0 Å². The standard InChI is InChI=1S/C22H21N5O2/c1-4-21(2,3)22-10-17-18(28)25-16(9-13-11-23-12-24-13)19(29)27(17)20(22)26-15-8-6-5-7-14(15)22/h4-12,20,26H,1H2,2-3H3,(H,23,24)(H,25,28). The number of hydrogen-bond donors (Lipinski definition) is 3. The van der Waals surface area contributed by atoms with Gasteiger partial charge in [-0.1, -0.05) is 38.1 Å². The predicted molar refractivity (Wildman–Crippen MR) is 112 cm³/mol. The molecule has 0 saturated heterocycles. The molecule has 2 aliphatic heterocycles. The molecule has 2 aliphatic rings. The molecule has 0 saturated carbocycles. The third kappa shape index (κ3) is 2.15. The number of aromatic amines is 2. The zero-order chi connectivity index (χ0) is 20.4. The summed E-state index contributed by atoms with van der Waals surface area (Å²) in [5.74, 6) is 0. The van der Waals surface area contributed by atoms with E-state index in [0.717, 1.165) is 11.3 Å². The van der Waals surface area contributed by atoms with Crippen molar-refractivity contribution in [1.29, 1.82) is 0 Å². The smallest absolute Gasteiger partial charge is 0.276 e. The number of anilines is 1. The molecule has 2 unspecified atom stereocenters. The van der Waals surface area contributed by atoms with Crippen LogP contribution in [0.25, 0.3) is 12.2 Å². The second kappa shape index (κ2) is 5.70. The van der Waals surface area contributed by atoms with E-state index in [9.17, 15) is 9.59 Å². The van der Waals surface area contributed by atoms with E-state index in [1.807, 2.05) is 36.4 Å². The van der Waals surface area contributed by atoms with Crippen LogP contribution in [0.1, 0.15) is 31.3 Å². The van der Waals surface area contributed by atoms with Crippen molar-refractivity contribution in [3.05, 3.63) is 92.1 Å². The molecule has 0 amide bonds. The van der Waals surface area contributed by atoms with Crippen LogP contribution < -0.4 is 27.1 Å². The first kappa shape index (κ1) is 17.5. The molecular formula is C22H21N5O2. The molecular weight excluding hydrogens is 366 g/mol. The van der Waals surface area contributed by atoms with E-state index in [0.29, 0.717) is 11.0 Å². The summed E-state index contributed by atoms with van der Waals surface area (Å²) in [7, 11) is 0. The van der Waals surface area contributed by atoms with Crippen molar-refractivity contribution in [2.75, 3.05) is 5.32 Å². The Labute approximate surface area is 166 Å². The lowest BCUT2D eigenvalue weighted by Crippen LogP contribution is -2.54. The Balaban J connectivity index is 1.86. The van der Waals surface area contributed by atoms with Crippen LogP contribution in [0.4, 0.5) is 5.69 Å². The predicted octanol–water partition coefficient (Wildman–Crippen LogP) is 0.957. The number of hydrogen-bond acceptors (Lipinski definition) is 4. The highest BCUT2D eigenvalue weighted by molar-refractivity contribution is 5.71. The van der Waals surface area contributed by atoms with Gasteiger partial charge in [0.2, 0.25) is 0 Å². The summed E-state index contributed by atoms with van der Waals surface area (Å²) < 4.78 is 1.58. The van der Waals surface area contributed by atoms with Gasteiger partial charge in [0, 0.05) is 5.69 Å². The van der Waals surface area contributed by atoms with E-state index in [1.54, 1.807) is 16.8 Å². The van der Waals surface area contributed by atoms with E-state index in [4.69, 9.17) is 0 Å². The highest BCUT2D eigenvalue weighted by Crippen LogP contribution is 2.58. The molecule has 1 aromatic carbocycles. The Kier molecular flexibility index (Phi) is 3.44. The third-order valence-electron chi connectivity index (χ3n) is 6.30. The second-order valence-corrected chi connectivity index (χ2v) is 8.11. The number of aromatic nitrogens is 4. The Morgan fingerprint density at radius 1 is 1.28 bits per heavy atom. The topological polar surface area (TPSA) is 95.6 Å². The largest absolute Gasteiger partial charge is 0.364 e. The van der Waals surface area contributed by atoms with Crippen LogP contribution in [0.2, 0.25) is 0 Å². The molecule has 146 valence electrons. The van der Waals surface area contributed by atoms with E-state index in [-0.39, 0.29) is 16.5 Å². The van der Waals surface area contributed by atoms with Gasteiger partial charge < -0.3 is 15.3 Å². The molecule has 0 bridgehead atoms. The Hall–Kier alpha value is -3.61. The van der Waals surface area contributed by atoms with E-state index in [1.165, 1.54) is 6.33 Å². The van der Waals surface area contributed by atoms with Gasteiger partial charge in [-0.3, -0.25) is 14.2 Å². The summed E-state index contributed by atoms with van der Waals surface area (Å²) in [6, 6.07) is 7.98. The van der Waals surface area contributed by atoms with Gasteiger partial charge >= 0.3 is 0 Å². The van der Waals surface area contributed by atoms with E-state index < -0.39 is 17.0 Å². The molecule has 7 heteroatoms. The fourth-order valence-corrected chi connectivity index (χ4v) is 4.65. The van der Waals surface area contributed by atoms with Crippen LogP contribution in [0.5, 0.6) is 0 Å². The van der Waals surface area contributed by atoms with Gasteiger partial charge in [0.15, 0.2) is 0 Å². The SMILES string of the molecule is C=CC(C)(C)C12C=c3c(=O)[nH]c(=Cc4cnc[nH]4)c(=O)n3C1Nc1ccccc12. The summed E-state index contributed by atoms with van der Waals surface area (Å²) in [6.07, 6.45) is 8.12. The molecule has 3 N–H and O–H groups in total. The van der Waals surface area contributed by atoms with Gasteiger partial charge in [0.25, 0.3) is 11.1 Å². The van der Waals surface area contributed by atoms with Crippen LogP contribution in [-0.4, -0.2) is 19.5 Å². The summed E-state index contributed by atoms with van der Waals surface area (Å²) in [5.41, 5.74) is 1.05. The quantitative estimate of drug-likeness (QED) is 0.584. The molecule has 0 spiro atoms. The van der Waals surface area contributed by atoms with Crippen molar-refractivity contribution in [3.8, 4) is 0 Å². The number of nitrogens with zero attached hydrogens (tertiary/aromatic N) is 2. The number of para-hydroxylation sites is 1. The van der Waals surface area contributed by atoms with Crippen molar-refractivity contribution >= 4 is 17.8 Å². The number of H-pyrrole nitrogens is 2. The van der Waals surface area contributed by atoms with Gasteiger partial charge in [0.05, 0.1) is 23.6 Å². The van der Waals surface area contributed by atoms with Gasteiger partial charge in [-0.05, 0) is 29.2 Å². The van der Waals surface area contributed by atoms with Crippen molar-refractivity contribution in [2.45, 2.75) is 25.4 Å². The lowest BCUT2D eigenvalue weighted by Gasteiger charge is -2.42. The maximum Gasteiger partial charge on any atom is 0.276 e. The lowest BCUT2D eigenvalue weighted by atomic mass is 9.61. The van der Waals surface area contributed by atoms with Crippen molar-refractivity contribution in [2.24, 2.45) is 5.41 Å². The monoisotopic (exact) mass is 387 g/mol. The first-order chi connectivity index (χ1) is 13.9. The average Bonchev–Trinajstić information content (AvgIpc) is 3.40. The van der Waals surface area contributed by atoms with Gasteiger partial charge in [-0.15, -0.1) is 6.58 Å². The molecule has 2 aromatic heterocycles. The van der Waals surface area contributed by atoms with Crippen LogP contribution in [0.3, 0.4) is 0 Å². The molecule has 4 heterocycles. The van der Waals surface area contributed by atoms with Crippen LogP contribution in [-0.2, 0) is 5.41 Å². The zero-order valence-electron chi connectivity index (χ0n) is 16.2. The van der Waals surface area contributed by atoms with Gasteiger partial charge in [-0.25, -0.2) is 4.98 Å². The maximum atomic E-state index is 13.4. The first-order valence-electron chi connectivity index (χ1n) is 9.46. The molecule has 2 atom stereocenters. The van der Waals surface area contributed by atoms with Crippen molar-refractivity contribution < 1.29 is 0 Å². The number of fused-ring (bicyclic) bond motifs is 5. The van der Waals surface area contributed by atoms with E-state index >= 15 is 0 Å². The zero-order valence-corrected chi connectivity index (χ0v) is 16.2. The first-order valence-corrected chi connectivity index (χ1v) is 9.46. The van der Waals surface area contributed by atoms with Crippen LogP contribution in [0, 0.1) is 5.41 Å². The van der Waals surface area contributed by atoms with Gasteiger partial charge in [0.1, 0.15) is 16.9 Å². The third-order valence-corrected chi connectivity index (χ3v) is 6.30. The van der Waals surface area contributed by atoms with Crippen molar-refractivity contribution in [3.63, 3.8) is 0 Å². The Morgan fingerprint density at radius 3 is 2.79 bits per heavy atom. The summed E-state index contributed by atoms with van der Waals surface area (Å²) in [6.45, 7) is 8.20. The Morgan fingerprint density at radius 2 is 2.07 bits per heavy atom. The highest BCUT2D eigenvalue weighted by Gasteiger charge is 2.57. The lowest BCUT2D eigenvalue weighted by molar-refractivity contribution is 0.245. The summed E-state index contributed by atoms with van der Waals surface area (Å²) in [5, 5.41) is 4.05. The minimum atomic E-state index is -0.614. The minimum absolute atomic E-state index is 0.210. The molecule has 7 nitrogen and oxygen atoms in total. The average molecular weight is 387 g/mol. The number of rotatable bonds is 3. The summed E-state index contributed by atoms with van der Waals surface area (Å²) >= 11 is 0. The van der Waals surface area contributed by atoms with E-state index in [2.05, 4.69) is 40.7 Å². The highest BCUT2D eigenvalue weighted by atomic mass is 16.1. The van der Waals surface area contributed by atoms with Crippen molar-refractivity contribution in [1.82, 2.24) is 19.5 Å². The molecule has 5 rings (SSSR count). The normalized spacial score (nSPS) is 22.4. The fourth-order valence-electron chi connectivity index (χ4n) is 4.65. The number of imidazole rings is 1. The summed E-state index contributed by atoms with van der Waals surface area (Å²) in [4.78, 5) is 36.0. The molecule has 0 aliphatic carbocycles. The minimum Gasteiger partial charge on any atom is -0.364 e. The number of benzene rings is 1. The molecule has 0 fully saturated rings. The number of nitrogens with one attached hydrogen (secondary N) is 3. The Bertz CT molecular complexity index is 1380. The van der Waals surface area contributed by atoms with Gasteiger partial charge in [-0.2, -0.15) is 0 Å². The molecule has 29 heavy (non-hydrogen) atoms.